The topological polar surface area (TPSA) is 68.8 Å². The molecule has 1 atom stereocenters. The highest BCUT2D eigenvalue weighted by Gasteiger charge is 2.33. The quantitative estimate of drug-likeness (QED) is 0.823. The number of nitrogens with one attached hydrogen (secondary N) is 1. The molecule has 0 spiro atoms. The first-order valence-electron chi connectivity index (χ1n) is 11.7. The Hall–Kier alpha value is -2.15. The highest BCUT2D eigenvalue weighted by atomic mass is 16.2. The average molecular weight is 414 g/mol. The molecule has 30 heavy (non-hydrogen) atoms. The largest absolute Gasteiger partial charge is 0.352 e. The molecule has 0 unspecified atom stereocenters. The number of carbonyl (C=O) groups excluding carboxylic acids is 2. The van der Waals surface area contributed by atoms with Gasteiger partial charge >= 0.3 is 6.03 Å². The molecule has 4 heterocycles. The molecule has 4 rings (SSSR count). The molecule has 0 bridgehead atoms. The summed E-state index contributed by atoms with van der Waals surface area (Å²) in [4.78, 5) is 36.1. The Labute approximate surface area is 179 Å². The Morgan fingerprint density at radius 2 is 1.73 bits per heavy atom. The summed E-state index contributed by atoms with van der Waals surface area (Å²) >= 11 is 0. The van der Waals surface area contributed by atoms with E-state index in [1.54, 1.807) is 12.4 Å². The Kier molecular flexibility index (Phi) is 7.20. The second-order valence-electron chi connectivity index (χ2n) is 8.96. The minimum absolute atomic E-state index is 0.0587. The minimum Gasteiger partial charge on any atom is -0.352 e. The van der Waals surface area contributed by atoms with E-state index in [9.17, 15) is 9.59 Å². The first kappa shape index (κ1) is 21.1. The molecule has 1 N–H and O–H groups in total. The molecule has 164 valence electrons. The first-order chi connectivity index (χ1) is 14.7. The predicted molar refractivity (Wildman–Crippen MR) is 116 cm³/mol. The van der Waals surface area contributed by atoms with Crippen molar-refractivity contribution in [1.29, 1.82) is 0 Å². The number of piperidine rings is 3. The fourth-order valence-electron chi connectivity index (χ4n) is 5.10. The van der Waals surface area contributed by atoms with Gasteiger partial charge in [-0.3, -0.25) is 14.7 Å². The minimum atomic E-state index is 0.0587. The van der Waals surface area contributed by atoms with Gasteiger partial charge in [-0.2, -0.15) is 0 Å². The maximum Gasteiger partial charge on any atom is 0.319 e. The number of urea groups is 1. The van der Waals surface area contributed by atoms with E-state index in [0.29, 0.717) is 12.6 Å². The van der Waals surface area contributed by atoms with Crippen molar-refractivity contribution in [2.24, 2.45) is 5.92 Å². The molecule has 3 saturated heterocycles. The van der Waals surface area contributed by atoms with Crippen molar-refractivity contribution >= 4 is 11.9 Å². The smallest absolute Gasteiger partial charge is 0.319 e. The highest BCUT2D eigenvalue weighted by Crippen LogP contribution is 2.25. The van der Waals surface area contributed by atoms with Gasteiger partial charge in [0.05, 0.1) is 5.92 Å². The molecular weight excluding hydrogens is 378 g/mol. The number of carbonyl (C=O) groups is 2. The fourth-order valence-corrected chi connectivity index (χ4v) is 5.10. The van der Waals surface area contributed by atoms with Gasteiger partial charge in [0.2, 0.25) is 5.91 Å². The van der Waals surface area contributed by atoms with Gasteiger partial charge in [-0.15, -0.1) is 0 Å². The molecule has 3 fully saturated rings. The number of hydrogen-bond acceptors (Lipinski definition) is 4. The van der Waals surface area contributed by atoms with Crippen molar-refractivity contribution in [3.8, 4) is 0 Å². The Balaban J connectivity index is 1.23. The third kappa shape index (κ3) is 5.31. The van der Waals surface area contributed by atoms with Crippen LogP contribution in [0.4, 0.5) is 4.79 Å². The fraction of sp³-hybridized carbons (Fsp3) is 0.696. The zero-order valence-electron chi connectivity index (χ0n) is 18.0. The van der Waals surface area contributed by atoms with Gasteiger partial charge in [0.15, 0.2) is 0 Å². The second-order valence-corrected chi connectivity index (χ2v) is 8.96. The molecule has 3 amide bonds. The van der Waals surface area contributed by atoms with Crippen molar-refractivity contribution in [2.75, 3.05) is 39.3 Å². The SMILES string of the molecule is O=C(NCc1cccnc1)[C@H]1CCCN(C2CCN(C(=O)N3CCCCC3)CC2)C1. The van der Waals surface area contributed by atoms with Gasteiger partial charge in [-0.25, -0.2) is 4.79 Å². The zero-order valence-corrected chi connectivity index (χ0v) is 18.0. The van der Waals surface area contributed by atoms with E-state index in [1.807, 2.05) is 21.9 Å². The molecule has 3 aliphatic rings. The van der Waals surface area contributed by atoms with Gasteiger partial charge in [0, 0.05) is 57.7 Å². The molecule has 3 aliphatic heterocycles. The van der Waals surface area contributed by atoms with Crippen LogP contribution >= 0.6 is 0 Å². The van der Waals surface area contributed by atoms with E-state index < -0.39 is 0 Å². The van der Waals surface area contributed by atoms with Gasteiger partial charge in [0.25, 0.3) is 0 Å². The molecule has 7 heteroatoms. The molecule has 0 radical (unpaired) electrons. The Bertz CT molecular complexity index is 699. The van der Waals surface area contributed by atoms with Crippen LogP contribution in [0.1, 0.15) is 50.5 Å². The number of likely N-dealkylation sites (tertiary alicyclic amines) is 3. The van der Waals surface area contributed by atoms with Gasteiger partial charge in [0.1, 0.15) is 0 Å². The molecule has 0 aromatic carbocycles. The Morgan fingerprint density at radius 3 is 2.47 bits per heavy atom. The second kappa shape index (κ2) is 10.2. The van der Waals surface area contributed by atoms with E-state index in [2.05, 4.69) is 15.2 Å². The van der Waals surface area contributed by atoms with Crippen LogP contribution in [-0.2, 0) is 11.3 Å². The third-order valence-corrected chi connectivity index (χ3v) is 6.89. The van der Waals surface area contributed by atoms with E-state index in [1.165, 1.54) is 6.42 Å². The molecule has 1 aromatic heterocycles. The maximum atomic E-state index is 12.7. The van der Waals surface area contributed by atoms with Crippen LogP contribution in [0.3, 0.4) is 0 Å². The summed E-state index contributed by atoms with van der Waals surface area (Å²) in [6.07, 6.45) is 11.1. The molecule has 0 aliphatic carbocycles. The van der Waals surface area contributed by atoms with Gasteiger partial charge in [-0.05, 0) is 63.1 Å². The van der Waals surface area contributed by atoms with E-state index in [-0.39, 0.29) is 17.9 Å². The molecular formula is C23H35N5O2. The summed E-state index contributed by atoms with van der Waals surface area (Å²) in [7, 11) is 0. The van der Waals surface area contributed by atoms with Crippen molar-refractivity contribution in [3.63, 3.8) is 0 Å². The lowest BCUT2D eigenvalue weighted by molar-refractivity contribution is -0.127. The lowest BCUT2D eigenvalue weighted by Crippen LogP contribution is -2.53. The standard InChI is InChI=1S/C23H35N5O2/c29-22(25-17-19-6-4-10-24-16-19)20-7-5-13-28(18-20)21-8-14-27(15-9-21)23(30)26-11-2-1-3-12-26/h4,6,10,16,20-21H,1-3,5,7-9,11-15,17-18H2,(H,25,29)/t20-/m0/s1. The summed E-state index contributed by atoms with van der Waals surface area (Å²) in [5, 5.41) is 3.09. The Morgan fingerprint density at radius 1 is 0.967 bits per heavy atom. The van der Waals surface area contributed by atoms with Crippen LogP contribution in [0.5, 0.6) is 0 Å². The summed E-state index contributed by atoms with van der Waals surface area (Å²) in [6.45, 7) is 5.96. The zero-order chi connectivity index (χ0) is 20.8. The third-order valence-electron chi connectivity index (χ3n) is 6.89. The van der Waals surface area contributed by atoms with Crippen molar-refractivity contribution in [1.82, 2.24) is 25.0 Å². The first-order valence-corrected chi connectivity index (χ1v) is 11.7. The normalized spacial score (nSPS) is 23.9. The number of rotatable bonds is 4. The van der Waals surface area contributed by atoms with Gasteiger partial charge < -0.3 is 15.1 Å². The summed E-state index contributed by atoms with van der Waals surface area (Å²) in [6, 6.07) is 4.61. The van der Waals surface area contributed by atoms with Crippen LogP contribution in [0.25, 0.3) is 0 Å². The lowest BCUT2D eigenvalue weighted by atomic mass is 9.93. The van der Waals surface area contributed by atoms with Gasteiger partial charge in [-0.1, -0.05) is 6.07 Å². The number of aromatic nitrogens is 1. The number of nitrogens with zero attached hydrogens (tertiary/aromatic N) is 4. The summed E-state index contributed by atoms with van der Waals surface area (Å²) in [5.74, 6) is 0.213. The van der Waals surface area contributed by atoms with Crippen molar-refractivity contribution in [2.45, 2.75) is 57.5 Å². The number of hydrogen-bond donors (Lipinski definition) is 1. The molecule has 7 nitrogen and oxygen atoms in total. The highest BCUT2D eigenvalue weighted by molar-refractivity contribution is 5.79. The molecule has 0 saturated carbocycles. The maximum absolute atomic E-state index is 12.7. The summed E-state index contributed by atoms with van der Waals surface area (Å²) < 4.78 is 0. The average Bonchev–Trinajstić information content (AvgIpc) is 2.83. The predicted octanol–water partition coefficient (Wildman–Crippen LogP) is 2.48. The van der Waals surface area contributed by atoms with Crippen LogP contribution in [-0.4, -0.2) is 76.9 Å². The van der Waals surface area contributed by atoms with Crippen molar-refractivity contribution < 1.29 is 9.59 Å². The lowest BCUT2D eigenvalue weighted by Gasteiger charge is -2.43. The van der Waals surface area contributed by atoms with Crippen LogP contribution in [0.2, 0.25) is 0 Å². The van der Waals surface area contributed by atoms with Crippen LogP contribution in [0.15, 0.2) is 24.5 Å². The van der Waals surface area contributed by atoms with Crippen LogP contribution < -0.4 is 5.32 Å². The van der Waals surface area contributed by atoms with E-state index >= 15 is 0 Å². The number of pyridine rings is 1. The van der Waals surface area contributed by atoms with E-state index in [0.717, 1.165) is 83.4 Å². The van der Waals surface area contributed by atoms with E-state index in [4.69, 9.17) is 0 Å². The van der Waals surface area contributed by atoms with Crippen molar-refractivity contribution in [3.05, 3.63) is 30.1 Å². The summed E-state index contributed by atoms with van der Waals surface area (Å²) in [5.41, 5.74) is 1.03. The number of amides is 3. The monoisotopic (exact) mass is 413 g/mol. The van der Waals surface area contributed by atoms with Crippen LogP contribution in [0, 0.1) is 5.92 Å². The molecule has 1 aromatic rings.